The highest BCUT2D eigenvalue weighted by Gasteiger charge is 2.26. The van der Waals surface area contributed by atoms with Crippen LogP contribution in [0.5, 0.6) is 0 Å². The molecular formula is C11H18O5. The first-order chi connectivity index (χ1) is 7.61. The highest BCUT2D eigenvalue weighted by atomic mass is 16.9. The first kappa shape index (κ1) is 13.1. The summed E-state index contributed by atoms with van der Waals surface area (Å²) in [5.74, 6) is -0.277. The zero-order chi connectivity index (χ0) is 12.0. The average Bonchev–Trinajstić information content (AvgIpc) is 2.20. The molecule has 0 radical (unpaired) electrons. The molecule has 1 heterocycles. The summed E-state index contributed by atoms with van der Waals surface area (Å²) in [5.41, 5.74) is 0. The van der Waals surface area contributed by atoms with Gasteiger partial charge in [0.2, 0.25) is 0 Å². The number of ether oxygens (including phenoxy) is 3. The second-order valence-electron chi connectivity index (χ2n) is 3.65. The van der Waals surface area contributed by atoms with Crippen molar-refractivity contribution in [1.82, 2.24) is 0 Å². The molecule has 0 saturated carbocycles. The number of carbonyl (C=O) groups is 2. The van der Waals surface area contributed by atoms with E-state index in [1.807, 2.05) is 0 Å². The zero-order valence-corrected chi connectivity index (χ0v) is 9.73. The standard InChI is InChI=1S/C11H18O5/c1-3-14-10(13)6-4-9(12)5-7-11-15-8(2)16-11/h8,11H,3-7H2,1-2H3. The molecule has 1 saturated heterocycles. The van der Waals surface area contributed by atoms with Gasteiger partial charge in [-0.2, -0.15) is 0 Å². The molecule has 0 aliphatic carbocycles. The molecule has 0 atom stereocenters. The summed E-state index contributed by atoms with van der Waals surface area (Å²) in [6, 6.07) is 0. The van der Waals surface area contributed by atoms with Gasteiger partial charge in [0.05, 0.1) is 13.0 Å². The highest BCUT2D eigenvalue weighted by Crippen LogP contribution is 2.20. The van der Waals surface area contributed by atoms with Crippen molar-refractivity contribution in [1.29, 1.82) is 0 Å². The fraction of sp³-hybridized carbons (Fsp3) is 0.818. The van der Waals surface area contributed by atoms with Gasteiger partial charge >= 0.3 is 5.97 Å². The number of hydrogen-bond acceptors (Lipinski definition) is 5. The van der Waals surface area contributed by atoms with Crippen molar-refractivity contribution >= 4 is 11.8 Å². The third kappa shape index (κ3) is 4.72. The molecule has 5 nitrogen and oxygen atoms in total. The van der Waals surface area contributed by atoms with Gasteiger partial charge in [0.15, 0.2) is 12.6 Å². The molecule has 16 heavy (non-hydrogen) atoms. The van der Waals surface area contributed by atoms with Crippen molar-refractivity contribution in [3.8, 4) is 0 Å². The SMILES string of the molecule is CCOC(=O)CCC(=O)CCC1OC(C)O1. The normalized spacial score (nSPS) is 23.6. The number of rotatable bonds is 7. The predicted octanol–water partition coefficient (Wildman–Crippen LogP) is 1.40. The first-order valence-corrected chi connectivity index (χ1v) is 5.60. The lowest BCUT2D eigenvalue weighted by Gasteiger charge is -2.33. The molecule has 0 aromatic rings. The van der Waals surface area contributed by atoms with Crippen LogP contribution >= 0.6 is 0 Å². The molecule has 1 aliphatic rings. The van der Waals surface area contributed by atoms with Crippen molar-refractivity contribution in [3.05, 3.63) is 0 Å². The molecule has 0 amide bonds. The molecule has 5 heteroatoms. The Bertz CT molecular complexity index is 245. The van der Waals surface area contributed by atoms with E-state index in [-0.39, 0.29) is 37.2 Å². The van der Waals surface area contributed by atoms with Gasteiger partial charge in [-0.25, -0.2) is 0 Å². The lowest BCUT2D eigenvalue weighted by Crippen LogP contribution is -2.38. The summed E-state index contributed by atoms with van der Waals surface area (Å²) in [4.78, 5) is 22.3. The van der Waals surface area contributed by atoms with Crippen LogP contribution < -0.4 is 0 Å². The lowest BCUT2D eigenvalue weighted by atomic mass is 10.1. The minimum Gasteiger partial charge on any atom is -0.466 e. The molecular weight excluding hydrogens is 212 g/mol. The van der Waals surface area contributed by atoms with E-state index in [4.69, 9.17) is 14.2 Å². The smallest absolute Gasteiger partial charge is 0.306 e. The van der Waals surface area contributed by atoms with Crippen LogP contribution in [0.3, 0.4) is 0 Å². The zero-order valence-electron chi connectivity index (χ0n) is 9.73. The summed E-state index contributed by atoms with van der Waals surface area (Å²) < 4.78 is 15.1. The molecule has 92 valence electrons. The Labute approximate surface area is 95.0 Å². The third-order valence-corrected chi connectivity index (χ3v) is 2.26. The maximum absolute atomic E-state index is 11.4. The van der Waals surface area contributed by atoms with Crippen molar-refractivity contribution in [2.75, 3.05) is 6.61 Å². The lowest BCUT2D eigenvalue weighted by molar-refractivity contribution is -0.376. The quantitative estimate of drug-likeness (QED) is 0.618. The Kier molecular flexibility index (Phi) is 5.42. The van der Waals surface area contributed by atoms with Crippen molar-refractivity contribution in [2.45, 2.75) is 52.1 Å². The van der Waals surface area contributed by atoms with Crippen LogP contribution in [0.2, 0.25) is 0 Å². The molecule has 0 aromatic carbocycles. The van der Waals surface area contributed by atoms with E-state index in [9.17, 15) is 9.59 Å². The maximum Gasteiger partial charge on any atom is 0.306 e. The minimum atomic E-state index is -0.319. The number of ketones is 1. The van der Waals surface area contributed by atoms with E-state index in [1.165, 1.54) is 0 Å². The van der Waals surface area contributed by atoms with Gasteiger partial charge in [-0.1, -0.05) is 0 Å². The molecule has 0 spiro atoms. The van der Waals surface area contributed by atoms with E-state index in [1.54, 1.807) is 13.8 Å². The fourth-order valence-electron chi connectivity index (χ4n) is 1.45. The Morgan fingerprint density at radius 3 is 2.44 bits per heavy atom. The van der Waals surface area contributed by atoms with Gasteiger partial charge in [0.25, 0.3) is 0 Å². The largest absolute Gasteiger partial charge is 0.466 e. The summed E-state index contributed by atoms with van der Waals surface area (Å²) in [5, 5.41) is 0. The molecule has 0 aromatic heterocycles. The van der Waals surface area contributed by atoms with Crippen LogP contribution in [0, 0.1) is 0 Å². The van der Waals surface area contributed by atoms with Crippen LogP contribution in [0.15, 0.2) is 0 Å². The van der Waals surface area contributed by atoms with E-state index in [2.05, 4.69) is 0 Å². The van der Waals surface area contributed by atoms with Crippen molar-refractivity contribution in [2.24, 2.45) is 0 Å². The van der Waals surface area contributed by atoms with Crippen LogP contribution in [0.25, 0.3) is 0 Å². The van der Waals surface area contributed by atoms with Crippen LogP contribution in [-0.2, 0) is 23.8 Å². The Balaban J connectivity index is 2.00. The van der Waals surface area contributed by atoms with Gasteiger partial charge in [-0.15, -0.1) is 0 Å². The Hall–Kier alpha value is -0.940. The number of carbonyl (C=O) groups excluding carboxylic acids is 2. The molecule has 1 rings (SSSR count). The number of Topliss-reactive ketones (excluding diaryl/α,β-unsaturated/α-hetero) is 1. The average molecular weight is 230 g/mol. The van der Waals surface area contributed by atoms with Gasteiger partial charge in [0, 0.05) is 19.3 Å². The fourth-order valence-corrected chi connectivity index (χ4v) is 1.45. The minimum absolute atomic E-state index is 0.0415. The second-order valence-corrected chi connectivity index (χ2v) is 3.65. The Morgan fingerprint density at radius 2 is 1.88 bits per heavy atom. The van der Waals surface area contributed by atoms with E-state index in [0.29, 0.717) is 19.4 Å². The third-order valence-electron chi connectivity index (χ3n) is 2.26. The van der Waals surface area contributed by atoms with Crippen LogP contribution in [0.1, 0.15) is 39.5 Å². The van der Waals surface area contributed by atoms with E-state index < -0.39 is 0 Å². The van der Waals surface area contributed by atoms with Gasteiger partial charge in [0.1, 0.15) is 5.78 Å². The monoisotopic (exact) mass is 230 g/mol. The number of hydrogen-bond donors (Lipinski definition) is 0. The van der Waals surface area contributed by atoms with Crippen LogP contribution in [0.4, 0.5) is 0 Å². The second kappa shape index (κ2) is 6.60. The van der Waals surface area contributed by atoms with Crippen molar-refractivity contribution < 1.29 is 23.8 Å². The van der Waals surface area contributed by atoms with Gasteiger partial charge in [-0.3, -0.25) is 9.59 Å². The van der Waals surface area contributed by atoms with Gasteiger partial charge in [-0.05, 0) is 13.8 Å². The van der Waals surface area contributed by atoms with E-state index >= 15 is 0 Å². The highest BCUT2D eigenvalue weighted by molar-refractivity contribution is 5.82. The molecule has 1 fully saturated rings. The maximum atomic E-state index is 11.4. The summed E-state index contributed by atoms with van der Waals surface area (Å²) >= 11 is 0. The summed E-state index contributed by atoms with van der Waals surface area (Å²) in [6.45, 7) is 3.90. The Morgan fingerprint density at radius 1 is 1.19 bits per heavy atom. The molecule has 0 N–H and O–H groups in total. The van der Waals surface area contributed by atoms with E-state index in [0.717, 1.165) is 0 Å². The van der Waals surface area contributed by atoms with Crippen LogP contribution in [-0.4, -0.2) is 30.9 Å². The van der Waals surface area contributed by atoms with Gasteiger partial charge < -0.3 is 14.2 Å². The number of esters is 1. The molecule has 0 bridgehead atoms. The van der Waals surface area contributed by atoms with Crippen molar-refractivity contribution in [3.63, 3.8) is 0 Å². The first-order valence-electron chi connectivity index (χ1n) is 5.60. The summed E-state index contributed by atoms with van der Waals surface area (Å²) in [7, 11) is 0. The topological polar surface area (TPSA) is 61.8 Å². The molecule has 0 unspecified atom stereocenters. The predicted molar refractivity (Wildman–Crippen MR) is 55.5 cm³/mol. The summed E-state index contributed by atoms with van der Waals surface area (Å²) in [6.07, 6.45) is 0.945. The molecule has 1 aliphatic heterocycles.